The van der Waals surface area contributed by atoms with Gasteiger partial charge in [0.1, 0.15) is 5.75 Å². The first-order valence-electron chi connectivity index (χ1n) is 9.28. The lowest BCUT2D eigenvalue weighted by atomic mass is 10.2. The minimum Gasteiger partial charge on any atom is -0.497 e. The number of aromatic hydroxyl groups is 1. The molecule has 3 aromatic rings. The molecule has 1 N–H and O–H groups in total. The monoisotopic (exact) mass is 487 g/mol. The summed E-state index contributed by atoms with van der Waals surface area (Å²) in [5, 5.41) is 22.7. The maximum atomic E-state index is 12.0. The van der Waals surface area contributed by atoms with E-state index >= 15 is 0 Å². The van der Waals surface area contributed by atoms with E-state index in [4.69, 9.17) is 9.57 Å². The van der Waals surface area contributed by atoms with Crippen LogP contribution in [-0.2, 0) is 16.3 Å². The number of methoxy groups -OCH3 is 1. The van der Waals surface area contributed by atoms with E-state index in [1.807, 2.05) is 37.2 Å². The van der Waals surface area contributed by atoms with Crippen molar-refractivity contribution in [3.63, 3.8) is 0 Å². The van der Waals surface area contributed by atoms with Gasteiger partial charge in [-0.3, -0.25) is 14.3 Å². The summed E-state index contributed by atoms with van der Waals surface area (Å²) >= 11 is 3.42. The van der Waals surface area contributed by atoms with Gasteiger partial charge < -0.3 is 14.7 Å². The lowest BCUT2D eigenvalue weighted by Crippen LogP contribution is -2.16. The molecule has 0 saturated carbocycles. The number of halogens is 1. The Labute approximate surface area is 187 Å². The molecule has 2 aromatic carbocycles. The molecule has 0 aliphatic rings. The minimum absolute atomic E-state index is 0.0724. The molecule has 0 fully saturated rings. The summed E-state index contributed by atoms with van der Waals surface area (Å²) < 4.78 is 7.60. The normalized spacial score (nSPS) is 11.8. The van der Waals surface area contributed by atoms with Gasteiger partial charge in [0, 0.05) is 9.86 Å². The van der Waals surface area contributed by atoms with Gasteiger partial charge in [-0.05, 0) is 62.1 Å². The molecule has 0 aliphatic heterocycles. The van der Waals surface area contributed by atoms with E-state index in [-0.39, 0.29) is 18.2 Å². The highest BCUT2D eigenvalue weighted by atomic mass is 79.9. The van der Waals surface area contributed by atoms with Gasteiger partial charge in [-0.2, -0.15) is 0 Å². The van der Waals surface area contributed by atoms with Crippen LogP contribution in [0.5, 0.6) is 11.6 Å². The number of amides is 1. The third-order valence-electron chi connectivity index (χ3n) is 4.24. The lowest BCUT2D eigenvalue weighted by Gasteiger charge is -2.13. The predicted molar refractivity (Wildman–Crippen MR) is 121 cm³/mol. The molecule has 162 valence electrons. The third kappa shape index (κ3) is 5.68. The Morgan fingerprint density at radius 1 is 1.23 bits per heavy atom. The van der Waals surface area contributed by atoms with E-state index in [0.717, 1.165) is 21.3 Å². The van der Waals surface area contributed by atoms with Gasteiger partial charge in [0.25, 0.3) is 0 Å². The highest BCUT2D eigenvalue weighted by molar-refractivity contribution is 9.10. The zero-order valence-corrected chi connectivity index (χ0v) is 18.9. The van der Waals surface area contributed by atoms with E-state index in [1.54, 1.807) is 35.9 Å². The van der Waals surface area contributed by atoms with E-state index < -0.39 is 5.91 Å². The zero-order valence-electron chi connectivity index (χ0n) is 17.3. The van der Waals surface area contributed by atoms with E-state index in [1.165, 1.54) is 6.21 Å². The van der Waals surface area contributed by atoms with Gasteiger partial charge in [-0.1, -0.05) is 21.1 Å². The number of benzene rings is 2. The number of oxime groups is 1. The molecule has 1 aromatic heterocycles. The van der Waals surface area contributed by atoms with Crippen LogP contribution in [0.1, 0.15) is 5.56 Å². The Morgan fingerprint density at radius 3 is 2.65 bits per heavy atom. The summed E-state index contributed by atoms with van der Waals surface area (Å²) in [6.45, 7) is 0.0631. The van der Waals surface area contributed by atoms with Gasteiger partial charge in [-0.15, -0.1) is 10.2 Å². The average Bonchev–Trinajstić information content (AvgIpc) is 3.00. The Morgan fingerprint density at radius 2 is 1.97 bits per heavy atom. The average molecular weight is 488 g/mol. The summed E-state index contributed by atoms with van der Waals surface area (Å²) in [5.41, 5.74) is 1.78. The van der Waals surface area contributed by atoms with Crippen molar-refractivity contribution < 1.29 is 19.5 Å². The minimum atomic E-state index is -0.630. The summed E-state index contributed by atoms with van der Waals surface area (Å²) in [7, 11) is 5.36. The van der Waals surface area contributed by atoms with Crippen molar-refractivity contribution in [3.8, 4) is 11.6 Å². The predicted octanol–water partition coefficient (Wildman–Crippen LogP) is 4.30. The van der Waals surface area contributed by atoms with Gasteiger partial charge in [0.05, 0.1) is 25.5 Å². The zero-order chi connectivity index (χ0) is 22.4. The van der Waals surface area contributed by atoms with Crippen LogP contribution in [0, 0.1) is 0 Å². The molecular weight excluding hydrogens is 466 g/mol. The van der Waals surface area contributed by atoms with Crippen LogP contribution < -0.4 is 4.74 Å². The maximum absolute atomic E-state index is 12.0. The molecule has 10 heteroatoms. The number of fused-ring (bicyclic) bond motifs is 1. The number of aromatic nitrogens is 1. The number of azo groups is 1. The van der Waals surface area contributed by atoms with Gasteiger partial charge >= 0.3 is 5.91 Å². The van der Waals surface area contributed by atoms with Gasteiger partial charge in [-0.25, -0.2) is 0 Å². The summed E-state index contributed by atoms with van der Waals surface area (Å²) in [5.74, 6) is 0.0301. The second-order valence-electron chi connectivity index (χ2n) is 6.86. The van der Waals surface area contributed by atoms with Crippen LogP contribution >= 0.6 is 15.9 Å². The summed E-state index contributed by atoms with van der Waals surface area (Å²) in [6.07, 6.45) is 1.47. The van der Waals surface area contributed by atoms with Crippen molar-refractivity contribution >= 4 is 44.6 Å². The van der Waals surface area contributed by atoms with Crippen molar-refractivity contribution in [2.45, 2.75) is 6.67 Å². The van der Waals surface area contributed by atoms with Crippen LogP contribution in [0.2, 0.25) is 0 Å². The standard InChI is InChI=1S/C21H22BrN5O4/c1-26(2)13-27-18-9-6-15(22)10-17(18)20(21(27)29)25-24-19(28)12-31-23-11-14-4-7-16(30-3)8-5-14/h4-11,29H,12-13H2,1-3H3/b23-11+,25-24?. The van der Waals surface area contributed by atoms with Crippen molar-refractivity contribution in [3.05, 3.63) is 52.5 Å². The summed E-state index contributed by atoms with van der Waals surface area (Å²) in [4.78, 5) is 18.9. The molecule has 0 atom stereocenters. The van der Waals surface area contributed by atoms with Crippen molar-refractivity contribution in [2.24, 2.45) is 15.4 Å². The van der Waals surface area contributed by atoms with Crippen molar-refractivity contribution in [1.82, 2.24) is 9.47 Å². The highest BCUT2D eigenvalue weighted by Crippen LogP contribution is 2.40. The molecule has 0 saturated heterocycles. The maximum Gasteiger partial charge on any atom is 0.304 e. The molecule has 1 heterocycles. The van der Waals surface area contributed by atoms with Crippen LogP contribution in [-0.4, -0.2) is 54.5 Å². The second kappa shape index (κ2) is 10.2. The smallest absolute Gasteiger partial charge is 0.304 e. The van der Waals surface area contributed by atoms with E-state index in [2.05, 4.69) is 31.3 Å². The molecule has 1 amide bonds. The highest BCUT2D eigenvalue weighted by Gasteiger charge is 2.17. The summed E-state index contributed by atoms with van der Waals surface area (Å²) in [6, 6.07) is 12.7. The number of carbonyl (C=O) groups is 1. The Bertz CT molecular complexity index is 1120. The molecular formula is C21H22BrN5O4. The number of hydrogen-bond donors (Lipinski definition) is 1. The number of ether oxygens (including phenoxy) is 1. The number of carbonyl (C=O) groups excluding carboxylic acids is 1. The van der Waals surface area contributed by atoms with Crippen LogP contribution in [0.25, 0.3) is 10.9 Å². The first-order valence-corrected chi connectivity index (χ1v) is 10.1. The lowest BCUT2D eigenvalue weighted by molar-refractivity contribution is -0.122. The van der Waals surface area contributed by atoms with Crippen molar-refractivity contribution in [1.29, 1.82) is 0 Å². The fourth-order valence-electron chi connectivity index (χ4n) is 2.84. The second-order valence-corrected chi connectivity index (χ2v) is 7.77. The van der Waals surface area contributed by atoms with Crippen LogP contribution in [0.15, 0.2) is 62.3 Å². The molecule has 0 radical (unpaired) electrons. The topological polar surface area (TPSA) is 101 Å². The first-order chi connectivity index (χ1) is 14.9. The molecule has 9 nitrogen and oxygen atoms in total. The number of rotatable bonds is 8. The molecule has 0 aliphatic carbocycles. The molecule has 0 spiro atoms. The number of hydrogen-bond acceptors (Lipinski definition) is 7. The Kier molecular flexibility index (Phi) is 7.37. The van der Waals surface area contributed by atoms with E-state index in [0.29, 0.717) is 12.1 Å². The third-order valence-corrected chi connectivity index (χ3v) is 4.73. The fraction of sp³-hybridized carbons (Fsp3) is 0.238. The first kappa shape index (κ1) is 22.4. The fourth-order valence-corrected chi connectivity index (χ4v) is 3.20. The molecule has 0 unspecified atom stereocenters. The number of nitrogens with zero attached hydrogens (tertiary/aromatic N) is 5. The van der Waals surface area contributed by atoms with E-state index in [9.17, 15) is 9.90 Å². The van der Waals surface area contributed by atoms with Gasteiger partial charge in [0.15, 0.2) is 12.3 Å². The van der Waals surface area contributed by atoms with Crippen molar-refractivity contribution in [2.75, 3.05) is 27.8 Å². The Hall–Kier alpha value is -3.24. The quantitative estimate of drug-likeness (QED) is 0.290. The van der Waals surface area contributed by atoms with Crippen LogP contribution in [0.4, 0.5) is 5.69 Å². The van der Waals surface area contributed by atoms with Gasteiger partial charge in [0.2, 0.25) is 5.88 Å². The molecule has 0 bridgehead atoms. The largest absolute Gasteiger partial charge is 0.497 e. The molecule has 31 heavy (non-hydrogen) atoms. The van der Waals surface area contributed by atoms with Crippen LogP contribution in [0.3, 0.4) is 0 Å². The Balaban J connectivity index is 1.69. The SMILES string of the molecule is COc1ccc(/C=N/OCC(=O)N=Nc2c(O)n(CN(C)C)c3ccc(Br)cc23)cc1. The molecule has 3 rings (SSSR count).